The predicted octanol–water partition coefficient (Wildman–Crippen LogP) is 2.38. The fourth-order valence-corrected chi connectivity index (χ4v) is 3.79. The fraction of sp³-hybridized carbons (Fsp3) is 0.316. The highest BCUT2D eigenvalue weighted by Crippen LogP contribution is 2.16. The van der Waals surface area contributed by atoms with E-state index >= 15 is 0 Å². The second-order valence-corrected chi connectivity index (χ2v) is 7.99. The first-order chi connectivity index (χ1) is 12.8. The number of hydrogen-bond donors (Lipinski definition) is 3. The van der Waals surface area contributed by atoms with Crippen molar-refractivity contribution in [3.05, 3.63) is 59.7 Å². The third-order valence-corrected chi connectivity index (χ3v) is 5.34. The van der Waals surface area contributed by atoms with Gasteiger partial charge in [0.25, 0.3) is 0 Å². The molecule has 2 amide bonds. The zero-order valence-electron chi connectivity index (χ0n) is 15.7. The maximum absolute atomic E-state index is 12.2. The van der Waals surface area contributed by atoms with Crippen LogP contribution < -0.4 is 20.1 Å². The lowest BCUT2D eigenvalue weighted by Gasteiger charge is -2.12. The summed E-state index contributed by atoms with van der Waals surface area (Å²) < 4.78 is 32.2. The minimum absolute atomic E-state index is 0.171. The Morgan fingerprint density at radius 2 is 1.74 bits per heavy atom. The molecule has 27 heavy (non-hydrogen) atoms. The molecule has 2 aromatic rings. The first-order valence-electron chi connectivity index (χ1n) is 8.56. The minimum Gasteiger partial charge on any atom is -0.496 e. The SMILES string of the molecule is COc1ccccc1CNC(=O)NCc1cccc(S(=O)(=O)NC(C)C)c1. The van der Waals surface area contributed by atoms with E-state index in [0.717, 1.165) is 5.56 Å². The number of hydrogen-bond acceptors (Lipinski definition) is 4. The van der Waals surface area contributed by atoms with Crippen LogP contribution in [0, 0.1) is 0 Å². The molecule has 0 saturated carbocycles. The molecule has 0 spiro atoms. The van der Waals surface area contributed by atoms with Gasteiger partial charge in [0.1, 0.15) is 5.75 Å². The molecule has 3 N–H and O–H groups in total. The van der Waals surface area contributed by atoms with Crippen LogP contribution >= 0.6 is 0 Å². The van der Waals surface area contributed by atoms with Crippen LogP contribution in [0.4, 0.5) is 4.79 Å². The molecule has 0 radical (unpaired) electrons. The lowest BCUT2D eigenvalue weighted by molar-refractivity contribution is 0.240. The molecule has 7 nitrogen and oxygen atoms in total. The van der Waals surface area contributed by atoms with Gasteiger partial charge >= 0.3 is 6.03 Å². The van der Waals surface area contributed by atoms with Gasteiger partial charge in [-0.15, -0.1) is 0 Å². The number of rotatable bonds is 8. The first-order valence-corrected chi connectivity index (χ1v) is 10.0. The van der Waals surface area contributed by atoms with Crippen LogP contribution in [0.2, 0.25) is 0 Å². The molecule has 2 aromatic carbocycles. The van der Waals surface area contributed by atoms with Crippen molar-refractivity contribution >= 4 is 16.1 Å². The van der Waals surface area contributed by atoms with Crippen LogP contribution in [0.25, 0.3) is 0 Å². The Balaban J connectivity index is 1.93. The third-order valence-electron chi connectivity index (χ3n) is 3.68. The Kier molecular flexibility index (Phi) is 7.20. The third kappa shape index (κ3) is 6.26. The summed E-state index contributed by atoms with van der Waals surface area (Å²) in [5, 5.41) is 5.47. The lowest BCUT2D eigenvalue weighted by Crippen LogP contribution is -2.34. The number of carbonyl (C=O) groups excluding carboxylic acids is 1. The number of sulfonamides is 1. The minimum atomic E-state index is -3.57. The van der Waals surface area contributed by atoms with E-state index in [1.807, 2.05) is 24.3 Å². The van der Waals surface area contributed by atoms with Crippen molar-refractivity contribution in [3.63, 3.8) is 0 Å². The molecule has 0 saturated heterocycles. The smallest absolute Gasteiger partial charge is 0.315 e. The summed E-state index contributed by atoms with van der Waals surface area (Å²) in [6.45, 7) is 4.05. The molecule has 2 rings (SSSR count). The largest absolute Gasteiger partial charge is 0.496 e. The van der Waals surface area contributed by atoms with Gasteiger partial charge in [-0.05, 0) is 37.6 Å². The Labute approximate surface area is 160 Å². The van der Waals surface area contributed by atoms with Crippen molar-refractivity contribution in [2.45, 2.75) is 37.9 Å². The lowest BCUT2D eigenvalue weighted by atomic mass is 10.2. The molecule has 0 heterocycles. The summed E-state index contributed by atoms with van der Waals surface area (Å²) >= 11 is 0. The zero-order valence-corrected chi connectivity index (χ0v) is 16.5. The highest BCUT2D eigenvalue weighted by Gasteiger charge is 2.15. The Hall–Kier alpha value is -2.58. The molecule has 8 heteroatoms. The van der Waals surface area contributed by atoms with E-state index < -0.39 is 10.0 Å². The summed E-state index contributed by atoms with van der Waals surface area (Å²) in [4.78, 5) is 12.2. The van der Waals surface area contributed by atoms with Crippen LogP contribution in [0.15, 0.2) is 53.4 Å². The second-order valence-electron chi connectivity index (χ2n) is 6.27. The van der Waals surface area contributed by atoms with Crippen molar-refractivity contribution in [2.24, 2.45) is 0 Å². The van der Waals surface area contributed by atoms with Crippen molar-refractivity contribution in [2.75, 3.05) is 7.11 Å². The standard InChI is InChI=1S/C19H25N3O4S/c1-14(2)22-27(24,25)17-9-6-7-15(11-17)12-20-19(23)21-13-16-8-4-5-10-18(16)26-3/h4-11,14,22H,12-13H2,1-3H3,(H2,20,21,23). The van der Waals surface area contributed by atoms with Crippen molar-refractivity contribution in [1.29, 1.82) is 0 Å². The predicted molar refractivity (Wildman–Crippen MR) is 104 cm³/mol. The highest BCUT2D eigenvalue weighted by molar-refractivity contribution is 7.89. The molecule has 0 bridgehead atoms. The molecule has 0 aliphatic rings. The van der Waals surface area contributed by atoms with Gasteiger partial charge in [-0.25, -0.2) is 17.9 Å². The average molecular weight is 391 g/mol. The van der Waals surface area contributed by atoms with E-state index in [2.05, 4.69) is 15.4 Å². The summed E-state index contributed by atoms with van der Waals surface area (Å²) in [5.41, 5.74) is 1.55. The molecule has 146 valence electrons. The van der Waals surface area contributed by atoms with Crippen molar-refractivity contribution < 1.29 is 17.9 Å². The van der Waals surface area contributed by atoms with Gasteiger partial charge in [-0.1, -0.05) is 30.3 Å². The number of nitrogens with one attached hydrogen (secondary N) is 3. The van der Waals surface area contributed by atoms with Crippen LogP contribution in [0.1, 0.15) is 25.0 Å². The number of amides is 2. The van der Waals surface area contributed by atoms with Crippen LogP contribution in [-0.2, 0) is 23.1 Å². The molecule has 0 atom stereocenters. The Morgan fingerprint density at radius 1 is 1.04 bits per heavy atom. The number of methoxy groups -OCH3 is 1. The van der Waals surface area contributed by atoms with Crippen LogP contribution in [-0.4, -0.2) is 27.6 Å². The molecule has 0 aliphatic heterocycles. The number of ether oxygens (including phenoxy) is 1. The van der Waals surface area contributed by atoms with Gasteiger partial charge in [-0.2, -0.15) is 0 Å². The molecular formula is C19H25N3O4S. The number of benzene rings is 2. The van der Waals surface area contributed by atoms with E-state index in [0.29, 0.717) is 17.9 Å². The quantitative estimate of drug-likeness (QED) is 0.644. The van der Waals surface area contributed by atoms with E-state index in [1.165, 1.54) is 6.07 Å². The van der Waals surface area contributed by atoms with Gasteiger partial charge in [0.05, 0.1) is 12.0 Å². The summed E-state index contributed by atoms with van der Waals surface area (Å²) in [7, 11) is -1.99. The van der Waals surface area contributed by atoms with E-state index in [1.54, 1.807) is 39.2 Å². The van der Waals surface area contributed by atoms with Gasteiger partial charge in [0.2, 0.25) is 10.0 Å². The van der Waals surface area contributed by atoms with Crippen LogP contribution in [0.5, 0.6) is 5.75 Å². The Bertz CT molecular complexity index is 882. The monoisotopic (exact) mass is 391 g/mol. The van der Waals surface area contributed by atoms with Gasteiger partial charge in [0.15, 0.2) is 0 Å². The topological polar surface area (TPSA) is 96.5 Å². The molecule has 0 aromatic heterocycles. The molecule has 0 aliphatic carbocycles. The number of para-hydroxylation sites is 1. The molecule has 0 unspecified atom stereocenters. The maximum atomic E-state index is 12.2. The maximum Gasteiger partial charge on any atom is 0.315 e. The van der Waals surface area contributed by atoms with Crippen LogP contribution in [0.3, 0.4) is 0 Å². The van der Waals surface area contributed by atoms with E-state index in [9.17, 15) is 13.2 Å². The molecule has 0 fully saturated rings. The molecular weight excluding hydrogens is 366 g/mol. The first kappa shape index (κ1) is 20.7. The van der Waals surface area contributed by atoms with Crippen molar-refractivity contribution in [3.8, 4) is 5.75 Å². The average Bonchev–Trinajstić information content (AvgIpc) is 2.64. The summed E-state index contributed by atoms with van der Waals surface area (Å²) in [5.74, 6) is 0.702. The van der Waals surface area contributed by atoms with Gasteiger partial charge in [0, 0.05) is 24.7 Å². The summed E-state index contributed by atoms with van der Waals surface area (Å²) in [6.07, 6.45) is 0. The van der Waals surface area contributed by atoms with E-state index in [-0.39, 0.29) is 23.5 Å². The fourth-order valence-electron chi connectivity index (χ4n) is 2.47. The normalized spacial score (nSPS) is 11.3. The highest BCUT2D eigenvalue weighted by atomic mass is 32.2. The Morgan fingerprint density at radius 3 is 2.44 bits per heavy atom. The zero-order chi connectivity index (χ0) is 19.9. The van der Waals surface area contributed by atoms with E-state index in [4.69, 9.17) is 4.74 Å². The number of carbonyl (C=O) groups is 1. The second kappa shape index (κ2) is 9.38. The summed E-state index contributed by atoms with van der Waals surface area (Å²) in [6, 6.07) is 13.4. The van der Waals surface area contributed by atoms with Crippen molar-refractivity contribution in [1.82, 2.24) is 15.4 Å². The van der Waals surface area contributed by atoms with Gasteiger partial charge in [-0.3, -0.25) is 0 Å². The number of urea groups is 1. The van der Waals surface area contributed by atoms with Gasteiger partial charge < -0.3 is 15.4 Å².